The van der Waals surface area contributed by atoms with Crippen molar-refractivity contribution in [2.24, 2.45) is 0 Å². The number of ether oxygens (including phenoxy) is 1. The van der Waals surface area contributed by atoms with Crippen LogP contribution in [0.25, 0.3) is 26.4 Å². The van der Waals surface area contributed by atoms with Crippen LogP contribution in [0.2, 0.25) is 0 Å². The molecule has 1 saturated heterocycles. The van der Waals surface area contributed by atoms with Gasteiger partial charge >= 0.3 is 0 Å². The Balaban J connectivity index is 1.44. The van der Waals surface area contributed by atoms with Crippen molar-refractivity contribution in [2.45, 2.75) is 32.6 Å². The lowest BCUT2D eigenvalue weighted by atomic mass is 10.1. The highest BCUT2D eigenvalue weighted by Gasteiger charge is 2.19. The maximum Gasteiger partial charge on any atom is 0.253 e. The Morgan fingerprint density at radius 2 is 1.83 bits per heavy atom. The van der Waals surface area contributed by atoms with Gasteiger partial charge in [-0.3, -0.25) is 9.20 Å². The molecule has 0 bridgehead atoms. The van der Waals surface area contributed by atoms with Gasteiger partial charge in [0.15, 0.2) is 4.96 Å². The average molecular weight is 420 g/mol. The van der Waals surface area contributed by atoms with Crippen LogP contribution < -0.4 is 4.74 Å². The molecule has 0 aliphatic carbocycles. The lowest BCUT2D eigenvalue weighted by molar-refractivity contribution is 0.0762. The predicted molar refractivity (Wildman–Crippen MR) is 122 cm³/mol. The summed E-state index contributed by atoms with van der Waals surface area (Å²) in [6.45, 7) is 4.38. The summed E-state index contributed by atoms with van der Waals surface area (Å²) in [5.74, 6) is 1.02. The molecular formula is C24H25N3O2S. The zero-order valence-corrected chi connectivity index (χ0v) is 18.0. The Labute approximate surface area is 179 Å². The summed E-state index contributed by atoms with van der Waals surface area (Å²) in [5, 5.41) is 0. The Bertz CT molecular complexity index is 1180. The summed E-state index contributed by atoms with van der Waals surface area (Å²) in [5.41, 5.74) is 3.87. The van der Waals surface area contributed by atoms with E-state index in [9.17, 15) is 4.79 Å². The normalized spacial score (nSPS) is 14.9. The van der Waals surface area contributed by atoms with Crippen LogP contribution in [0.3, 0.4) is 0 Å². The zero-order valence-electron chi connectivity index (χ0n) is 17.1. The molecule has 0 unspecified atom stereocenters. The van der Waals surface area contributed by atoms with Gasteiger partial charge in [-0.2, -0.15) is 0 Å². The molecule has 1 amide bonds. The number of carbonyl (C=O) groups is 1. The molecule has 1 aliphatic heterocycles. The molecule has 3 heterocycles. The lowest BCUT2D eigenvalue weighted by Crippen LogP contribution is -2.31. The number of nitrogens with zero attached hydrogens (tertiary/aromatic N) is 3. The first-order valence-corrected chi connectivity index (χ1v) is 11.5. The van der Waals surface area contributed by atoms with Crippen LogP contribution in [0.1, 0.15) is 43.0 Å². The van der Waals surface area contributed by atoms with Gasteiger partial charge in [0.2, 0.25) is 0 Å². The molecule has 0 radical (unpaired) electrons. The summed E-state index contributed by atoms with van der Waals surface area (Å²) >= 11 is 1.63. The van der Waals surface area contributed by atoms with Crippen LogP contribution in [-0.2, 0) is 0 Å². The molecule has 0 atom stereocenters. The van der Waals surface area contributed by atoms with E-state index in [0.29, 0.717) is 6.61 Å². The molecular weight excluding hydrogens is 394 g/mol. The van der Waals surface area contributed by atoms with Gasteiger partial charge in [0.25, 0.3) is 5.91 Å². The number of aromatic nitrogens is 2. The number of amides is 1. The largest absolute Gasteiger partial charge is 0.494 e. The third-order valence-electron chi connectivity index (χ3n) is 5.70. The van der Waals surface area contributed by atoms with Crippen molar-refractivity contribution in [1.82, 2.24) is 14.3 Å². The number of likely N-dealkylation sites (tertiary alicyclic amines) is 1. The molecule has 30 heavy (non-hydrogen) atoms. The molecule has 1 aliphatic rings. The van der Waals surface area contributed by atoms with Crippen LogP contribution >= 0.6 is 11.3 Å². The molecule has 2 aromatic carbocycles. The molecule has 2 aromatic heterocycles. The van der Waals surface area contributed by atoms with Gasteiger partial charge in [-0.25, -0.2) is 4.98 Å². The van der Waals surface area contributed by atoms with Crippen molar-refractivity contribution in [3.63, 3.8) is 0 Å². The van der Waals surface area contributed by atoms with Crippen molar-refractivity contribution in [1.29, 1.82) is 0 Å². The van der Waals surface area contributed by atoms with Crippen molar-refractivity contribution in [3.05, 3.63) is 54.2 Å². The summed E-state index contributed by atoms with van der Waals surface area (Å²) in [6.07, 6.45) is 6.73. The Morgan fingerprint density at radius 1 is 1.07 bits per heavy atom. The minimum Gasteiger partial charge on any atom is -0.494 e. The first-order chi connectivity index (χ1) is 14.7. The van der Waals surface area contributed by atoms with Gasteiger partial charge in [-0.1, -0.05) is 24.2 Å². The summed E-state index contributed by atoms with van der Waals surface area (Å²) < 4.78 is 8.74. The summed E-state index contributed by atoms with van der Waals surface area (Å²) in [7, 11) is 0. The molecule has 4 aromatic rings. The lowest BCUT2D eigenvalue weighted by Gasteiger charge is -2.20. The van der Waals surface area contributed by atoms with E-state index in [4.69, 9.17) is 9.72 Å². The minimum atomic E-state index is 0.153. The van der Waals surface area contributed by atoms with Gasteiger partial charge in [0, 0.05) is 30.4 Å². The van der Waals surface area contributed by atoms with Crippen LogP contribution in [0.4, 0.5) is 0 Å². The number of thiazole rings is 1. The second-order valence-electron chi connectivity index (χ2n) is 7.73. The van der Waals surface area contributed by atoms with Gasteiger partial charge in [-0.15, -0.1) is 0 Å². The Kier molecular flexibility index (Phi) is 5.17. The summed E-state index contributed by atoms with van der Waals surface area (Å²) in [4.78, 5) is 20.7. The Morgan fingerprint density at radius 3 is 2.57 bits per heavy atom. The van der Waals surface area contributed by atoms with E-state index in [0.717, 1.165) is 63.7 Å². The van der Waals surface area contributed by atoms with E-state index in [1.807, 2.05) is 54.3 Å². The molecule has 1 fully saturated rings. The van der Waals surface area contributed by atoms with Crippen molar-refractivity contribution in [3.8, 4) is 17.0 Å². The van der Waals surface area contributed by atoms with Crippen molar-refractivity contribution < 1.29 is 9.53 Å². The smallest absolute Gasteiger partial charge is 0.253 e. The number of carbonyl (C=O) groups excluding carboxylic acids is 1. The maximum atomic E-state index is 13.0. The monoisotopic (exact) mass is 419 g/mol. The first-order valence-electron chi connectivity index (χ1n) is 10.7. The van der Waals surface area contributed by atoms with E-state index in [-0.39, 0.29) is 5.91 Å². The fourth-order valence-corrected chi connectivity index (χ4v) is 5.17. The molecule has 0 spiro atoms. The third-order valence-corrected chi connectivity index (χ3v) is 6.71. The second kappa shape index (κ2) is 8.11. The molecule has 5 rings (SSSR count). The number of hydrogen-bond acceptors (Lipinski definition) is 4. The molecule has 5 nitrogen and oxygen atoms in total. The molecule has 154 valence electrons. The highest BCUT2D eigenvalue weighted by atomic mass is 32.1. The van der Waals surface area contributed by atoms with Crippen molar-refractivity contribution >= 4 is 32.4 Å². The van der Waals surface area contributed by atoms with Crippen LogP contribution in [0.5, 0.6) is 5.75 Å². The molecule has 6 heteroatoms. The SMILES string of the molecule is CCOc1ccc(-c2cn3c(n2)sc2cc(C(=O)N4CCCCCC4)ccc23)cc1. The fourth-order valence-electron chi connectivity index (χ4n) is 4.12. The van der Waals surface area contributed by atoms with Crippen LogP contribution in [0.15, 0.2) is 48.7 Å². The van der Waals surface area contributed by atoms with E-state index in [1.165, 1.54) is 12.8 Å². The van der Waals surface area contributed by atoms with Crippen LogP contribution in [-0.4, -0.2) is 39.9 Å². The minimum absolute atomic E-state index is 0.153. The third kappa shape index (κ3) is 3.56. The number of fused-ring (bicyclic) bond motifs is 3. The van der Waals surface area contributed by atoms with Crippen molar-refractivity contribution in [2.75, 3.05) is 19.7 Å². The Hall–Kier alpha value is -2.86. The maximum absolute atomic E-state index is 13.0. The second-order valence-corrected chi connectivity index (χ2v) is 8.74. The quantitative estimate of drug-likeness (QED) is 0.431. The topological polar surface area (TPSA) is 46.8 Å². The number of imidazole rings is 1. The van der Waals surface area contributed by atoms with Gasteiger partial charge in [0.05, 0.1) is 22.5 Å². The highest BCUT2D eigenvalue weighted by molar-refractivity contribution is 7.23. The first kappa shape index (κ1) is 19.1. The zero-order chi connectivity index (χ0) is 20.5. The predicted octanol–water partition coefficient (Wildman–Crippen LogP) is 5.63. The van der Waals surface area contributed by atoms with Crippen LogP contribution in [0, 0.1) is 0 Å². The summed E-state index contributed by atoms with van der Waals surface area (Å²) in [6, 6.07) is 14.1. The molecule has 0 saturated carbocycles. The van der Waals surface area contributed by atoms with Gasteiger partial charge in [-0.05, 0) is 62.2 Å². The number of rotatable bonds is 4. The van der Waals surface area contributed by atoms with Gasteiger partial charge in [0.1, 0.15) is 5.75 Å². The van der Waals surface area contributed by atoms with E-state index >= 15 is 0 Å². The molecule has 0 N–H and O–H groups in total. The number of benzene rings is 2. The number of hydrogen-bond donors (Lipinski definition) is 0. The fraction of sp³-hybridized carbons (Fsp3) is 0.333. The highest BCUT2D eigenvalue weighted by Crippen LogP contribution is 2.31. The van der Waals surface area contributed by atoms with E-state index < -0.39 is 0 Å². The van der Waals surface area contributed by atoms with E-state index in [1.54, 1.807) is 11.3 Å². The van der Waals surface area contributed by atoms with E-state index in [2.05, 4.69) is 10.6 Å². The average Bonchev–Trinajstić information content (AvgIpc) is 3.19. The standard InChI is InChI=1S/C24H25N3O2S/c1-2-29-19-10-7-17(8-11-19)20-16-27-21-12-9-18(15-22(21)30-24(27)25-20)23(28)26-13-5-3-4-6-14-26/h7-12,15-16H,2-6,13-14H2,1H3. The van der Waals surface area contributed by atoms with Gasteiger partial charge < -0.3 is 9.64 Å².